The molecule has 144 valence electrons. The van der Waals surface area contributed by atoms with Crippen LogP contribution in [0.2, 0.25) is 0 Å². The number of ether oxygens (including phenoxy) is 2. The molecule has 0 aromatic heterocycles. The maximum atomic E-state index is 5.38. The molecule has 1 aliphatic rings. The molecule has 0 N–H and O–H groups in total. The lowest BCUT2D eigenvalue weighted by molar-refractivity contribution is 0.394. The van der Waals surface area contributed by atoms with Crippen molar-refractivity contribution in [3.63, 3.8) is 0 Å². The fraction of sp³-hybridized carbons (Fsp3) is 0.440. The first-order valence-corrected chi connectivity index (χ1v) is 10.2. The highest BCUT2D eigenvalue weighted by Crippen LogP contribution is 2.26. The quantitative estimate of drug-likeness (QED) is 0.567. The summed E-state index contributed by atoms with van der Waals surface area (Å²) in [6.45, 7) is 2.31. The van der Waals surface area contributed by atoms with Gasteiger partial charge < -0.3 is 9.47 Å². The zero-order valence-electron chi connectivity index (χ0n) is 17.0. The van der Waals surface area contributed by atoms with Gasteiger partial charge in [0.1, 0.15) is 11.5 Å². The van der Waals surface area contributed by atoms with Crippen LogP contribution in [-0.2, 0) is 12.8 Å². The molecule has 2 nitrogen and oxygen atoms in total. The number of methoxy groups -OCH3 is 2. The van der Waals surface area contributed by atoms with E-state index in [4.69, 9.17) is 9.47 Å². The molecule has 0 radical (unpaired) electrons. The lowest BCUT2D eigenvalue weighted by Gasteiger charge is -2.13. The highest BCUT2D eigenvalue weighted by Gasteiger charge is 2.08. The Morgan fingerprint density at radius 2 is 1.07 bits per heavy atom. The van der Waals surface area contributed by atoms with Gasteiger partial charge in [0.05, 0.1) is 14.2 Å². The standard InChI is InChI=1S/C25H32O2/c1-19-22-10-8-6-4-5-7-9-11-23(19)15-20(14-22)12-13-21-16-24(26-2)18-25(17-21)27-3/h12-18H,4-11H2,1-3H3/b13-12+. The van der Waals surface area contributed by atoms with Crippen molar-refractivity contribution in [2.75, 3.05) is 14.2 Å². The zero-order chi connectivity index (χ0) is 19.1. The van der Waals surface area contributed by atoms with Gasteiger partial charge in [-0.15, -0.1) is 0 Å². The van der Waals surface area contributed by atoms with E-state index in [0.29, 0.717) is 0 Å². The van der Waals surface area contributed by atoms with Gasteiger partial charge >= 0.3 is 0 Å². The van der Waals surface area contributed by atoms with Crippen molar-refractivity contribution in [2.24, 2.45) is 0 Å². The molecule has 2 aromatic rings. The van der Waals surface area contributed by atoms with Crippen molar-refractivity contribution in [3.05, 3.63) is 58.1 Å². The molecule has 0 atom stereocenters. The van der Waals surface area contributed by atoms with E-state index < -0.39 is 0 Å². The van der Waals surface area contributed by atoms with E-state index in [1.165, 1.54) is 73.6 Å². The second-order valence-corrected chi connectivity index (χ2v) is 7.56. The van der Waals surface area contributed by atoms with Crippen LogP contribution >= 0.6 is 0 Å². The molecular weight excluding hydrogens is 332 g/mol. The van der Waals surface area contributed by atoms with Gasteiger partial charge in [0, 0.05) is 6.07 Å². The number of aryl methyl sites for hydroxylation is 2. The monoisotopic (exact) mass is 364 g/mol. The molecule has 2 aromatic carbocycles. The summed E-state index contributed by atoms with van der Waals surface area (Å²) in [5, 5.41) is 0. The molecule has 2 heteroatoms. The van der Waals surface area contributed by atoms with E-state index in [1.807, 2.05) is 18.2 Å². The lowest BCUT2D eigenvalue weighted by Crippen LogP contribution is -1.98. The summed E-state index contributed by atoms with van der Waals surface area (Å²) in [5.74, 6) is 1.63. The van der Waals surface area contributed by atoms with E-state index >= 15 is 0 Å². The van der Waals surface area contributed by atoms with E-state index in [2.05, 4.69) is 31.2 Å². The summed E-state index contributed by atoms with van der Waals surface area (Å²) >= 11 is 0. The van der Waals surface area contributed by atoms with Crippen molar-refractivity contribution in [1.82, 2.24) is 0 Å². The van der Waals surface area contributed by atoms with Crippen LogP contribution in [0.5, 0.6) is 11.5 Å². The molecule has 0 fully saturated rings. The zero-order valence-corrected chi connectivity index (χ0v) is 17.0. The van der Waals surface area contributed by atoms with Crippen LogP contribution in [0.1, 0.15) is 66.3 Å². The van der Waals surface area contributed by atoms with Gasteiger partial charge in [0.25, 0.3) is 0 Å². The third-order valence-corrected chi connectivity index (χ3v) is 5.63. The van der Waals surface area contributed by atoms with E-state index in [0.717, 1.165) is 17.1 Å². The Bertz CT molecular complexity index is 736. The molecular formula is C25H32O2. The first-order chi connectivity index (χ1) is 13.2. The molecule has 2 bridgehead atoms. The Labute approximate surface area is 164 Å². The number of rotatable bonds is 4. The number of benzene rings is 2. The summed E-state index contributed by atoms with van der Waals surface area (Å²) in [5.41, 5.74) is 6.95. The van der Waals surface area contributed by atoms with Crippen LogP contribution in [0, 0.1) is 6.92 Å². The molecule has 0 saturated heterocycles. The summed E-state index contributed by atoms with van der Waals surface area (Å²) in [6, 6.07) is 10.7. The third-order valence-electron chi connectivity index (χ3n) is 5.63. The first-order valence-electron chi connectivity index (χ1n) is 10.2. The second kappa shape index (κ2) is 9.64. The van der Waals surface area contributed by atoms with Crippen LogP contribution < -0.4 is 9.47 Å². The minimum Gasteiger partial charge on any atom is -0.497 e. The molecule has 0 unspecified atom stereocenters. The van der Waals surface area contributed by atoms with Gasteiger partial charge in [0.15, 0.2) is 0 Å². The number of hydrogen-bond acceptors (Lipinski definition) is 2. The van der Waals surface area contributed by atoms with Crippen molar-refractivity contribution >= 4 is 12.2 Å². The highest BCUT2D eigenvalue weighted by atomic mass is 16.5. The Hall–Kier alpha value is -2.22. The topological polar surface area (TPSA) is 18.5 Å². The van der Waals surface area contributed by atoms with Crippen LogP contribution in [0.15, 0.2) is 30.3 Å². The van der Waals surface area contributed by atoms with Crippen LogP contribution in [-0.4, -0.2) is 14.2 Å². The smallest absolute Gasteiger partial charge is 0.123 e. The first kappa shape index (κ1) is 19.5. The maximum absolute atomic E-state index is 5.38. The van der Waals surface area contributed by atoms with Gasteiger partial charge in [-0.05, 0) is 72.6 Å². The Morgan fingerprint density at radius 1 is 0.630 bits per heavy atom. The molecule has 1 aliphatic carbocycles. The third kappa shape index (κ3) is 5.38. The molecule has 0 saturated carbocycles. The fourth-order valence-corrected chi connectivity index (χ4v) is 3.94. The molecule has 0 spiro atoms. The van der Waals surface area contributed by atoms with Crippen molar-refractivity contribution in [1.29, 1.82) is 0 Å². The summed E-state index contributed by atoms with van der Waals surface area (Å²) in [7, 11) is 3.38. The van der Waals surface area contributed by atoms with Crippen molar-refractivity contribution in [2.45, 2.75) is 58.3 Å². The minimum atomic E-state index is 0.817. The van der Waals surface area contributed by atoms with Crippen LogP contribution in [0.4, 0.5) is 0 Å². The number of fused-ring (bicyclic) bond motifs is 2. The van der Waals surface area contributed by atoms with E-state index in [-0.39, 0.29) is 0 Å². The maximum Gasteiger partial charge on any atom is 0.123 e. The SMILES string of the molecule is COc1cc(/C=C/c2cc3c(C)c(c2)CCCCCCCC3)cc(OC)c1. The Balaban J connectivity index is 1.89. The average molecular weight is 365 g/mol. The molecule has 3 rings (SSSR count). The molecule has 0 aliphatic heterocycles. The van der Waals surface area contributed by atoms with Crippen molar-refractivity contribution < 1.29 is 9.47 Å². The normalized spacial score (nSPS) is 15.4. The van der Waals surface area contributed by atoms with Crippen LogP contribution in [0.3, 0.4) is 0 Å². The Kier molecular flexibility index (Phi) is 6.98. The molecule has 27 heavy (non-hydrogen) atoms. The summed E-state index contributed by atoms with van der Waals surface area (Å²) in [4.78, 5) is 0. The van der Waals surface area contributed by atoms with E-state index in [9.17, 15) is 0 Å². The molecule has 0 heterocycles. The Morgan fingerprint density at radius 3 is 1.56 bits per heavy atom. The van der Waals surface area contributed by atoms with E-state index in [1.54, 1.807) is 14.2 Å². The molecule has 0 amide bonds. The van der Waals surface area contributed by atoms with Gasteiger partial charge in [-0.2, -0.15) is 0 Å². The minimum absolute atomic E-state index is 0.817. The second-order valence-electron chi connectivity index (χ2n) is 7.56. The van der Waals surface area contributed by atoms with Gasteiger partial charge in [-0.1, -0.05) is 50.0 Å². The summed E-state index contributed by atoms with van der Waals surface area (Å²) in [6.07, 6.45) is 14.9. The van der Waals surface area contributed by atoms with Gasteiger partial charge in [-0.3, -0.25) is 0 Å². The average Bonchev–Trinajstić information content (AvgIpc) is 2.71. The number of hydrogen-bond donors (Lipinski definition) is 0. The van der Waals surface area contributed by atoms with Gasteiger partial charge in [-0.25, -0.2) is 0 Å². The van der Waals surface area contributed by atoms with Crippen LogP contribution in [0.25, 0.3) is 12.2 Å². The predicted molar refractivity (Wildman–Crippen MR) is 115 cm³/mol. The largest absolute Gasteiger partial charge is 0.497 e. The predicted octanol–water partition coefficient (Wildman–Crippen LogP) is 6.62. The lowest BCUT2D eigenvalue weighted by atomic mass is 9.93. The summed E-state index contributed by atoms with van der Waals surface area (Å²) < 4.78 is 10.8. The fourth-order valence-electron chi connectivity index (χ4n) is 3.94. The van der Waals surface area contributed by atoms with Gasteiger partial charge in [0.2, 0.25) is 0 Å². The highest BCUT2D eigenvalue weighted by molar-refractivity contribution is 5.72. The van der Waals surface area contributed by atoms with Crippen molar-refractivity contribution in [3.8, 4) is 11.5 Å².